The SMILES string of the molecule is CC1CN(C(=O)CCc2cnn(-c3ccccc3)c2)CC(C)O1. The van der Waals surface area contributed by atoms with Gasteiger partial charge in [0.1, 0.15) is 0 Å². The largest absolute Gasteiger partial charge is 0.372 e. The lowest BCUT2D eigenvalue weighted by Crippen LogP contribution is -2.48. The molecule has 1 aliphatic heterocycles. The Morgan fingerprint density at radius 1 is 1.22 bits per heavy atom. The number of aromatic nitrogens is 2. The number of aryl methyl sites for hydroxylation is 1. The summed E-state index contributed by atoms with van der Waals surface area (Å²) in [5.41, 5.74) is 2.11. The lowest BCUT2D eigenvalue weighted by atomic mass is 10.1. The second-order valence-electron chi connectivity index (χ2n) is 6.18. The van der Waals surface area contributed by atoms with Crippen LogP contribution < -0.4 is 0 Å². The molecule has 0 N–H and O–H groups in total. The molecule has 2 unspecified atom stereocenters. The van der Waals surface area contributed by atoms with Gasteiger partial charge >= 0.3 is 0 Å². The number of hydrogen-bond acceptors (Lipinski definition) is 3. The van der Waals surface area contributed by atoms with Crippen molar-refractivity contribution in [1.29, 1.82) is 0 Å². The summed E-state index contributed by atoms with van der Waals surface area (Å²) in [5.74, 6) is 0.194. The number of carbonyl (C=O) groups is 1. The number of hydrogen-bond donors (Lipinski definition) is 0. The lowest BCUT2D eigenvalue weighted by molar-refractivity contribution is -0.143. The van der Waals surface area contributed by atoms with Crippen LogP contribution in [0.2, 0.25) is 0 Å². The van der Waals surface area contributed by atoms with Crippen molar-refractivity contribution in [3.05, 3.63) is 48.3 Å². The quantitative estimate of drug-likeness (QED) is 0.871. The predicted molar refractivity (Wildman–Crippen MR) is 88.5 cm³/mol. The number of ether oxygens (including phenoxy) is 1. The Morgan fingerprint density at radius 2 is 1.91 bits per heavy atom. The number of benzene rings is 1. The van der Waals surface area contributed by atoms with Crippen LogP contribution in [0, 0.1) is 0 Å². The van der Waals surface area contributed by atoms with Crippen molar-refractivity contribution in [2.24, 2.45) is 0 Å². The number of rotatable bonds is 4. The first-order valence-corrected chi connectivity index (χ1v) is 8.14. The fourth-order valence-corrected chi connectivity index (χ4v) is 3.00. The summed E-state index contributed by atoms with van der Waals surface area (Å²) in [6, 6.07) is 9.98. The molecular formula is C18H23N3O2. The molecule has 1 aromatic carbocycles. The van der Waals surface area contributed by atoms with E-state index in [4.69, 9.17) is 4.74 Å². The van der Waals surface area contributed by atoms with Crippen LogP contribution in [-0.2, 0) is 16.0 Å². The zero-order valence-electron chi connectivity index (χ0n) is 13.7. The Kier molecular flexibility index (Phi) is 4.76. The molecule has 2 aromatic rings. The molecule has 0 bridgehead atoms. The molecule has 1 amide bonds. The van der Waals surface area contributed by atoms with Gasteiger partial charge in [0, 0.05) is 25.7 Å². The molecule has 0 radical (unpaired) electrons. The molecule has 1 fully saturated rings. The van der Waals surface area contributed by atoms with Crippen LogP contribution in [0.4, 0.5) is 0 Å². The summed E-state index contributed by atoms with van der Waals surface area (Å²) < 4.78 is 7.52. The highest BCUT2D eigenvalue weighted by Gasteiger charge is 2.25. The molecule has 2 heterocycles. The van der Waals surface area contributed by atoms with Crippen molar-refractivity contribution in [2.75, 3.05) is 13.1 Å². The van der Waals surface area contributed by atoms with Crippen LogP contribution >= 0.6 is 0 Å². The van der Waals surface area contributed by atoms with Crippen LogP contribution in [0.5, 0.6) is 0 Å². The Morgan fingerprint density at radius 3 is 2.61 bits per heavy atom. The van der Waals surface area contributed by atoms with Gasteiger partial charge in [0.2, 0.25) is 5.91 Å². The molecule has 23 heavy (non-hydrogen) atoms. The van der Waals surface area contributed by atoms with Gasteiger partial charge in [-0.1, -0.05) is 18.2 Å². The van der Waals surface area contributed by atoms with Crippen LogP contribution in [0.25, 0.3) is 5.69 Å². The first-order valence-electron chi connectivity index (χ1n) is 8.14. The summed E-state index contributed by atoms with van der Waals surface area (Å²) in [5, 5.41) is 4.37. The van der Waals surface area contributed by atoms with Crippen molar-refractivity contribution in [3.63, 3.8) is 0 Å². The summed E-state index contributed by atoms with van der Waals surface area (Å²) in [4.78, 5) is 14.3. The van der Waals surface area contributed by atoms with Gasteiger partial charge < -0.3 is 9.64 Å². The third-order valence-electron chi connectivity index (χ3n) is 4.06. The number of carbonyl (C=O) groups excluding carboxylic acids is 1. The molecule has 0 spiro atoms. The minimum Gasteiger partial charge on any atom is -0.372 e. The van der Waals surface area contributed by atoms with Gasteiger partial charge in [-0.25, -0.2) is 4.68 Å². The van der Waals surface area contributed by atoms with Crippen molar-refractivity contribution in [2.45, 2.75) is 38.9 Å². The van der Waals surface area contributed by atoms with Gasteiger partial charge in [-0.3, -0.25) is 4.79 Å². The summed E-state index contributed by atoms with van der Waals surface area (Å²) in [6.45, 7) is 5.40. The minimum atomic E-state index is 0.114. The second kappa shape index (κ2) is 6.96. The van der Waals surface area contributed by atoms with Crippen molar-refractivity contribution < 1.29 is 9.53 Å². The van der Waals surface area contributed by atoms with E-state index in [0.717, 1.165) is 11.3 Å². The standard InChI is InChI=1S/C18H23N3O2/c1-14-11-20(12-15(2)23-14)18(22)9-8-16-10-19-21(13-16)17-6-4-3-5-7-17/h3-7,10,13-15H,8-9,11-12H2,1-2H3. The molecule has 1 aliphatic rings. The van der Waals surface area contributed by atoms with E-state index in [-0.39, 0.29) is 18.1 Å². The Labute approximate surface area is 136 Å². The molecule has 0 aliphatic carbocycles. The normalized spacial score (nSPS) is 21.4. The Balaban J connectivity index is 1.56. The minimum absolute atomic E-state index is 0.114. The lowest BCUT2D eigenvalue weighted by Gasteiger charge is -2.35. The van der Waals surface area contributed by atoms with E-state index in [1.807, 2.05) is 66.2 Å². The highest BCUT2D eigenvalue weighted by molar-refractivity contribution is 5.76. The van der Waals surface area contributed by atoms with E-state index in [1.54, 1.807) is 0 Å². The molecule has 5 nitrogen and oxygen atoms in total. The van der Waals surface area contributed by atoms with Crippen LogP contribution in [-0.4, -0.2) is 45.9 Å². The van der Waals surface area contributed by atoms with E-state index in [9.17, 15) is 4.79 Å². The Bertz CT molecular complexity index is 643. The molecule has 122 valence electrons. The molecule has 3 rings (SSSR count). The van der Waals surface area contributed by atoms with Gasteiger partial charge in [-0.2, -0.15) is 5.10 Å². The van der Waals surface area contributed by atoms with Crippen LogP contribution in [0.3, 0.4) is 0 Å². The van der Waals surface area contributed by atoms with Gasteiger partial charge in [-0.15, -0.1) is 0 Å². The highest BCUT2D eigenvalue weighted by Crippen LogP contribution is 2.14. The van der Waals surface area contributed by atoms with E-state index in [0.29, 0.717) is 25.9 Å². The molecule has 1 aromatic heterocycles. The molecule has 0 saturated carbocycles. The third-order valence-corrected chi connectivity index (χ3v) is 4.06. The highest BCUT2D eigenvalue weighted by atomic mass is 16.5. The maximum absolute atomic E-state index is 12.4. The van der Waals surface area contributed by atoms with Crippen LogP contribution in [0.1, 0.15) is 25.8 Å². The van der Waals surface area contributed by atoms with Crippen molar-refractivity contribution >= 4 is 5.91 Å². The van der Waals surface area contributed by atoms with Gasteiger partial charge in [0.15, 0.2) is 0 Å². The first kappa shape index (κ1) is 15.7. The fraction of sp³-hybridized carbons (Fsp3) is 0.444. The summed E-state index contributed by atoms with van der Waals surface area (Å²) in [6.07, 6.45) is 5.29. The van der Waals surface area contributed by atoms with E-state index in [2.05, 4.69) is 5.10 Å². The number of para-hydroxylation sites is 1. The summed E-state index contributed by atoms with van der Waals surface area (Å²) in [7, 11) is 0. The second-order valence-corrected chi connectivity index (χ2v) is 6.18. The number of amides is 1. The van der Waals surface area contributed by atoms with Gasteiger partial charge in [0.05, 0.1) is 24.1 Å². The average molecular weight is 313 g/mol. The maximum Gasteiger partial charge on any atom is 0.223 e. The topological polar surface area (TPSA) is 47.4 Å². The monoisotopic (exact) mass is 313 g/mol. The first-order chi connectivity index (χ1) is 11.1. The van der Waals surface area contributed by atoms with Gasteiger partial charge in [-0.05, 0) is 38.0 Å². The Hall–Kier alpha value is -2.14. The van der Waals surface area contributed by atoms with Crippen molar-refractivity contribution in [3.8, 4) is 5.69 Å². The van der Waals surface area contributed by atoms with Crippen molar-refractivity contribution in [1.82, 2.24) is 14.7 Å². The van der Waals surface area contributed by atoms with E-state index in [1.165, 1.54) is 0 Å². The molecule has 2 atom stereocenters. The smallest absolute Gasteiger partial charge is 0.223 e. The third kappa shape index (κ3) is 3.99. The molecule has 5 heteroatoms. The molecular weight excluding hydrogens is 290 g/mol. The zero-order valence-corrected chi connectivity index (χ0v) is 13.7. The maximum atomic E-state index is 12.4. The van der Waals surface area contributed by atoms with Crippen LogP contribution in [0.15, 0.2) is 42.7 Å². The summed E-state index contributed by atoms with van der Waals surface area (Å²) >= 11 is 0. The van der Waals surface area contributed by atoms with E-state index >= 15 is 0 Å². The fourth-order valence-electron chi connectivity index (χ4n) is 3.00. The predicted octanol–water partition coefficient (Wildman–Crippen LogP) is 2.44. The number of morpholine rings is 1. The van der Waals surface area contributed by atoms with E-state index < -0.39 is 0 Å². The average Bonchev–Trinajstić information content (AvgIpc) is 3.01. The van der Waals surface area contributed by atoms with Gasteiger partial charge in [0.25, 0.3) is 0 Å². The number of nitrogens with zero attached hydrogens (tertiary/aromatic N) is 3. The zero-order chi connectivity index (χ0) is 16.2. The molecule has 1 saturated heterocycles.